The number of hydrogen-bond donors (Lipinski definition) is 2. The van der Waals surface area contributed by atoms with Crippen LogP contribution in [-0.4, -0.2) is 27.1 Å². The molecule has 1 heterocycles. The summed E-state index contributed by atoms with van der Waals surface area (Å²) in [6, 6.07) is 19.1. The first-order valence-electron chi connectivity index (χ1n) is 8.62. The van der Waals surface area contributed by atoms with Crippen molar-refractivity contribution in [2.24, 2.45) is 0 Å². The van der Waals surface area contributed by atoms with Crippen LogP contribution in [0.15, 0.2) is 66.9 Å². The highest BCUT2D eigenvalue weighted by atomic mass is 16.4. The summed E-state index contributed by atoms with van der Waals surface area (Å²) in [5.41, 5.74) is 3.58. The Labute approximate surface area is 152 Å². The Kier molecular flexibility index (Phi) is 5.59. The highest BCUT2D eigenvalue weighted by Crippen LogP contribution is 2.22. The van der Waals surface area contributed by atoms with Crippen LogP contribution < -0.4 is 5.32 Å². The number of carboxylic acids is 1. The van der Waals surface area contributed by atoms with Gasteiger partial charge in [-0.3, -0.25) is 0 Å². The highest BCUT2D eigenvalue weighted by Gasteiger charge is 2.18. The average Bonchev–Trinajstić information content (AvgIpc) is 2.68. The van der Waals surface area contributed by atoms with Crippen molar-refractivity contribution in [2.75, 3.05) is 5.32 Å². The number of carboxylic acid groups (broad SMARTS) is 1. The summed E-state index contributed by atoms with van der Waals surface area (Å²) >= 11 is 0. The van der Waals surface area contributed by atoms with E-state index in [4.69, 9.17) is 4.98 Å². The molecule has 0 saturated carbocycles. The number of nitrogens with one attached hydrogen (secondary N) is 1. The third kappa shape index (κ3) is 4.25. The van der Waals surface area contributed by atoms with E-state index in [0.29, 0.717) is 18.7 Å². The molecule has 5 nitrogen and oxygen atoms in total. The maximum atomic E-state index is 11.4. The zero-order chi connectivity index (χ0) is 18.4. The predicted molar refractivity (Wildman–Crippen MR) is 102 cm³/mol. The largest absolute Gasteiger partial charge is 0.480 e. The van der Waals surface area contributed by atoms with Gasteiger partial charge in [0.05, 0.1) is 17.6 Å². The maximum absolute atomic E-state index is 11.4. The van der Waals surface area contributed by atoms with Crippen LogP contribution in [0, 0.1) is 0 Å². The summed E-state index contributed by atoms with van der Waals surface area (Å²) in [6.45, 7) is 1.83. The number of hydrogen-bond acceptors (Lipinski definition) is 4. The smallest absolute Gasteiger partial charge is 0.326 e. The van der Waals surface area contributed by atoms with Crippen molar-refractivity contribution in [1.29, 1.82) is 0 Å². The van der Waals surface area contributed by atoms with E-state index in [1.165, 1.54) is 0 Å². The zero-order valence-electron chi connectivity index (χ0n) is 14.6. The van der Waals surface area contributed by atoms with Crippen LogP contribution in [-0.2, 0) is 11.2 Å². The molecule has 2 N–H and O–H groups in total. The fourth-order valence-electron chi connectivity index (χ4n) is 2.71. The van der Waals surface area contributed by atoms with Crippen molar-refractivity contribution < 1.29 is 9.90 Å². The van der Waals surface area contributed by atoms with Gasteiger partial charge in [0.25, 0.3) is 0 Å². The van der Waals surface area contributed by atoms with Crippen molar-refractivity contribution in [2.45, 2.75) is 25.8 Å². The Balaban J connectivity index is 1.98. The highest BCUT2D eigenvalue weighted by molar-refractivity contribution is 5.77. The first kappa shape index (κ1) is 17.6. The number of anilines is 1. The van der Waals surface area contributed by atoms with Crippen molar-refractivity contribution in [3.63, 3.8) is 0 Å². The number of nitrogens with zero attached hydrogens (tertiary/aromatic N) is 2. The van der Waals surface area contributed by atoms with Crippen LogP contribution in [0.3, 0.4) is 0 Å². The fourth-order valence-corrected chi connectivity index (χ4v) is 2.71. The van der Waals surface area contributed by atoms with Gasteiger partial charge in [-0.25, -0.2) is 14.8 Å². The molecule has 0 saturated heterocycles. The van der Waals surface area contributed by atoms with Crippen LogP contribution in [0.4, 0.5) is 5.82 Å². The van der Waals surface area contributed by atoms with Gasteiger partial charge in [-0.1, -0.05) is 67.6 Å². The van der Waals surface area contributed by atoms with E-state index < -0.39 is 12.0 Å². The molecule has 1 atom stereocenters. The van der Waals surface area contributed by atoms with Gasteiger partial charge >= 0.3 is 5.97 Å². The van der Waals surface area contributed by atoms with Crippen molar-refractivity contribution in [1.82, 2.24) is 9.97 Å². The van der Waals surface area contributed by atoms with E-state index in [1.807, 2.05) is 67.6 Å². The number of rotatable bonds is 7. The Morgan fingerprint density at radius 1 is 1.08 bits per heavy atom. The van der Waals surface area contributed by atoms with Gasteiger partial charge in [-0.15, -0.1) is 0 Å². The quantitative estimate of drug-likeness (QED) is 0.675. The van der Waals surface area contributed by atoms with E-state index in [-0.39, 0.29) is 0 Å². The SMILES string of the molecule is CCC(Nc1ncc(-c2ccccc2)nc1Cc1ccccc1)C(=O)O. The first-order valence-corrected chi connectivity index (χ1v) is 8.62. The lowest BCUT2D eigenvalue weighted by Gasteiger charge is -2.16. The third-order valence-electron chi connectivity index (χ3n) is 4.15. The second-order valence-corrected chi connectivity index (χ2v) is 6.02. The van der Waals surface area contributed by atoms with E-state index in [1.54, 1.807) is 6.20 Å². The van der Waals surface area contributed by atoms with Gasteiger partial charge in [-0.2, -0.15) is 0 Å². The third-order valence-corrected chi connectivity index (χ3v) is 4.15. The molecule has 26 heavy (non-hydrogen) atoms. The molecule has 3 aromatic rings. The molecule has 1 aromatic heterocycles. The van der Waals surface area contributed by atoms with Gasteiger partial charge in [0.1, 0.15) is 11.9 Å². The van der Waals surface area contributed by atoms with Crippen LogP contribution >= 0.6 is 0 Å². The Hall–Kier alpha value is -3.21. The second-order valence-electron chi connectivity index (χ2n) is 6.02. The van der Waals surface area contributed by atoms with Crippen LogP contribution in [0.2, 0.25) is 0 Å². The zero-order valence-corrected chi connectivity index (χ0v) is 14.6. The molecular weight excluding hydrogens is 326 g/mol. The standard InChI is InChI=1S/C21H21N3O2/c1-2-17(21(25)26)24-20-18(13-15-9-5-3-6-10-15)23-19(14-22-20)16-11-7-4-8-12-16/h3-12,14,17H,2,13H2,1H3,(H,22,24)(H,25,26). The molecule has 0 bridgehead atoms. The summed E-state index contributed by atoms with van der Waals surface area (Å²) in [6.07, 6.45) is 2.72. The van der Waals surface area contributed by atoms with Gasteiger partial charge in [0.15, 0.2) is 0 Å². The number of carbonyl (C=O) groups is 1. The average molecular weight is 347 g/mol. The number of benzene rings is 2. The maximum Gasteiger partial charge on any atom is 0.326 e. The van der Waals surface area contributed by atoms with E-state index in [9.17, 15) is 9.90 Å². The molecule has 1 unspecified atom stereocenters. The summed E-state index contributed by atoms with van der Waals surface area (Å²) in [4.78, 5) is 20.6. The monoisotopic (exact) mass is 347 g/mol. The van der Waals surface area contributed by atoms with Gasteiger partial charge < -0.3 is 10.4 Å². The molecular formula is C21H21N3O2. The summed E-state index contributed by atoms with van der Waals surface area (Å²) < 4.78 is 0. The minimum atomic E-state index is -0.896. The van der Waals surface area contributed by atoms with Crippen molar-refractivity contribution in [3.05, 3.63) is 78.1 Å². The van der Waals surface area contributed by atoms with Gasteiger partial charge in [-0.05, 0) is 12.0 Å². The molecule has 3 rings (SSSR count). The lowest BCUT2D eigenvalue weighted by molar-refractivity contribution is -0.137. The summed E-state index contributed by atoms with van der Waals surface area (Å²) in [7, 11) is 0. The number of aromatic nitrogens is 2. The Bertz CT molecular complexity index is 867. The normalized spacial score (nSPS) is 11.7. The predicted octanol–water partition coefficient (Wildman–Crippen LogP) is 4.01. The molecule has 0 amide bonds. The van der Waals surface area contributed by atoms with E-state index in [2.05, 4.69) is 10.3 Å². The van der Waals surface area contributed by atoms with Crippen molar-refractivity contribution in [3.8, 4) is 11.3 Å². The summed E-state index contributed by atoms with van der Waals surface area (Å²) in [5, 5.41) is 12.4. The van der Waals surface area contributed by atoms with Crippen LogP contribution in [0.1, 0.15) is 24.6 Å². The topological polar surface area (TPSA) is 75.1 Å². The van der Waals surface area contributed by atoms with E-state index in [0.717, 1.165) is 22.5 Å². The molecule has 0 fully saturated rings. The molecule has 0 aliphatic rings. The second kappa shape index (κ2) is 8.25. The first-order chi connectivity index (χ1) is 12.7. The number of aliphatic carboxylic acids is 1. The minimum absolute atomic E-state index is 0.461. The summed E-state index contributed by atoms with van der Waals surface area (Å²) in [5.74, 6) is -0.380. The fraction of sp³-hybridized carbons (Fsp3) is 0.190. The van der Waals surface area contributed by atoms with E-state index >= 15 is 0 Å². The molecule has 0 aliphatic heterocycles. The molecule has 2 aromatic carbocycles. The minimum Gasteiger partial charge on any atom is -0.480 e. The van der Waals surface area contributed by atoms with Crippen LogP contribution in [0.25, 0.3) is 11.3 Å². The lowest BCUT2D eigenvalue weighted by Crippen LogP contribution is -2.29. The Morgan fingerprint density at radius 3 is 2.35 bits per heavy atom. The molecule has 0 radical (unpaired) electrons. The lowest BCUT2D eigenvalue weighted by atomic mass is 10.1. The van der Waals surface area contributed by atoms with Gasteiger partial charge in [0, 0.05) is 12.0 Å². The van der Waals surface area contributed by atoms with Gasteiger partial charge in [0.2, 0.25) is 0 Å². The van der Waals surface area contributed by atoms with Crippen molar-refractivity contribution >= 4 is 11.8 Å². The molecule has 132 valence electrons. The molecule has 0 aliphatic carbocycles. The molecule has 5 heteroatoms. The Morgan fingerprint density at radius 2 is 1.73 bits per heavy atom. The molecule has 0 spiro atoms. The van der Waals surface area contributed by atoms with Crippen LogP contribution in [0.5, 0.6) is 0 Å².